The quantitative estimate of drug-likeness (QED) is 0.379. The predicted molar refractivity (Wildman–Crippen MR) is 77.3 cm³/mol. The lowest BCUT2D eigenvalue weighted by atomic mass is 9.94. The van der Waals surface area contributed by atoms with Gasteiger partial charge in [-0.2, -0.15) is 0 Å². The van der Waals surface area contributed by atoms with Crippen molar-refractivity contribution in [3.05, 3.63) is 35.4 Å². The van der Waals surface area contributed by atoms with Gasteiger partial charge in [-0.1, -0.05) is 48.7 Å². The number of rotatable bonds is 4. The predicted octanol–water partition coefficient (Wildman–Crippen LogP) is 2.55. The van der Waals surface area contributed by atoms with Gasteiger partial charge in [-0.05, 0) is 25.5 Å². The van der Waals surface area contributed by atoms with Crippen LogP contribution in [0.1, 0.15) is 43.2 Å². The molecule has 0 saturated heterocycles. The van der Waals surface area contributed by atoms with Crippen molar-refractivity contribution in [1.29, 1.82) is 0 Å². The zero-order valence-corrected chi connectivity index (χ0v) is 11.5. The zero-order valence-electron chi connectivity index (χ0n) is 11.5. The molecule has 0 atom stereocenters. The van der Waals surface area contributed by atoms with Crippen LogP contribution >= 0.6 is 0 Å². The van der Waals surface area contributed by atoms with Crippen molar-refractivity contribution in [2.75, 3.05) is 7.05 Å². The largest absolute Gasteiger partial charge is 0.409 e. The summed E-state index contributed by atoms with van der Waals surface area (Å²) in [7, 11) is 2.20. The van der Waals surface area contributed by atoms with Gasteiger partial charge in [0.25, 0.3) is 0 Å². The second kappa shape index (κ2) is 6.57. The van der Waals surface area contributed by atoms with Gasteiger partial charge in [-0.3, -0.25) is 4.90 Å². The molecule has 0 aliphatic heterocycles. The maximum absolute atomic E-state index is 8.63. The molecule has 1 saturated carbocycles. The number of hydrogen-bond acceptors (Lipinski definition) is 3. The van der Waals surface area contributed by atoms with Crippen molar-refractivity contribution in [3.8, 4) is 0 Å². The summed E-state index contributed by atoms with van der Waals surface area (Å²) in [5, 5.41) is 11.6. The molecule has 0 heterocycles. The van der Waals surface area contributed by atoms with Crippen LogP contribution in [0.4, 0.5) is 0 Å². The molecule has 19 heavy (non-hydrogen) atoms. The third kappa shape index (κ3) is 3.70. The fourth-order valence-electron chi connectivity index (χ4n) is 2.78. The highest BCUT2D eigenvalue weighted by Gasteiger charge is 2.17. The summed E-state index contributed by atoms with van der Waals surface area (Å²) < 4.78 is 0. The van der Waals surface area contributed by atoms with Gasteiger partial charge >= 0.3 is 0 Å². The topological polar surface area (TPSA) is 61.8 Å². The zero-order chi connectivity index (χ0) is 13.7. The Morgan fingerprint density at radius 3 is 2.47 bits per heavy atom. The molecule has 4 nitrogen and oxygen atoms in total. The molecular formula is C15H23N3O. The molecule has 1 aliphatic rings. The van der Waals surface area contributed by atoms with Crippen molar-refractivity contribution in [3.63, 3.8) is 0 Å². The molecule has 1 aliphatic carbocycles. The first kappa shape index (κ1) is 13.9. The molecule has 0 aromatic heterocycles. The van der Waals surface area contributed by atoms with Gasteiger partial charge in [0, 0.05) is 18.2 Å². The Morgan fingerprint density at radius 2 is 1.89 bits per heavy atom. The summed E-state index contributed by atoms with van der Waals surface area (Å²) >= 11 is 0. The van der Waals surface area contributed by atoms with Crippen LogP contribution in [0.5, 0.6) is 0 Å². The summed E-state index contributed by atoms with van der Waals surface area (Å²) in [6, 6.07) is 8.62. The standard InChI is InChI=1S/C15H23N3O/c1-18(14-5-3-2-4-6-14)11-12-7-9-13(10-8-12)15(16)17-19/h7-10,14,19H,2-6,11H2,1H3,(H2,16,17). The average molecular weight is 261 g/mol. The molecule has 104 valence electrons. The smallest absolute Gasteiger partial charge is 0.170 e. The Hall–Kier alpha value is -1.55. The molecular weight excluding hydrogens is 238 g/mol. The number of nitrogens with zero attached hydrogens (tertiary/aromatic N) is 2. The number of amidine groups is 1. The first-order valence-electron chi connectivity index (χ1n) is 6.98. The summed E-state index contributed by atoms with van der Waals surface area (Å²) in [5.41, 5.74) is 7.57. The first-order chi connectivity index (χ1) is 9.20. The summed E-state index contributed by atoms with van der Waals surface area (Å²) in [6.45, 7) is 0.959. The van der Waals surface area contributed by atoms with Gasteiger partial charge in [0.15, 0.2) is 5.84 Å². The summed E-state index contributed by atoms with van der Waals surface area (Å²) in [6.07, 6.45) is 6.74. The highest BCUT2D eigenvalue weighted by molar-refractivity contribution is 5.96. The van der Waals surface area contributed by atoms with Crippen molar-refractivity contribution in [1.82, 2.24) is 4.90 Å². The minimum atomic E-state index is 0.159. The minimum absolute atomic E-state index is 0.159. The van der Waals surface area contributed by atoms with Crippen LogP contribution in [0, 0.1) is 0 Å². The van der Waals surface area contributed by atoms with Gasteiger partial charge in [0.1, 0.15) is 0 Å². The molecule has 1 aromatic carbocycles. The lowest BCUT2D eigenvalue weighted by Crippen LogP contribution is -2.32. The Kier molecular flexibility index (Phi) is 4.80. The summed E-state index contributed by atoms with van der Waals surface area (Å²) in [5.74, 6) is 0.159. The molecule has 1 aromatic rings. The molecule has 0 radical (unpaired) electrons. The second-order valence-corrected chi connectivity index (χ2v) is 5.39. The molecule has 1 fully saturated rings. The van der Waals surface area contributed by atoms with E-state index in [0.29, 0.717) is 0 Å². The Morgan fingerprint density at radius 1 is 1.26 bits per heavy atom. The van der Waals surface area contributed by atoms with E-state index in [1.807, 2.05) is 24.3 Å². The Balaban J connectivity index is 1.95. The molecule has 0 bridgehead atoms. The lowest BCUT2D eigenvalue weighted by molar-refractivity contribution is 0.184. The van der Waals surface area contributed by atoms with E-state index >= 15 is 0 Å². The van der Waals surface area contributed by atoms with Gasteiger partial charge < -0.3 is 10.9 Å². The average Bonchev–Trinajstić information content (AvgIpc) is 2.48. The molecule has 3 N–H and O–H groups in total. The second-order valence-electron chi connectivity index (χ2n) is 5.39. The van der Waals surface area contributed by atoms with Crippen LogP contribution in [-0.2, 0) is 6.54 Å². The lowest BCUT2D eigenvalue weighted by Gasteiger charge is -2.31. The van der Waals surface area contributed by atoms with E-state index in [9.17, 15) is 0 Å². The van der Waals surface area contributed by atoms with E-state index in [2.05, 4.69) is 17.1 Å². The van der Waals surface area contributed by atoms with E-state index in [1.54, 1.807) is 0 Å². The van der Waals surface area contributed by atoms with Gasteiger partial charge in [0.05, 0.1) is 0 Å². The van der Waals surface area contributed by atoms with E-state index in [1.165, 1.54) is 37.7 Å². The fraction of sp³-hybridized carbons (Fsp3) is 0.533. The van der Waals surface area contributed by atoms with Crippen molar-refractivity contribution < 1.29 is 5.21 Å². The Bertz CT molecular complexity index is 422. The number of nitrogens with two attached hydrogens (primary N) is 1. The highest BCUT2D eigenvalue weighted by Crippen LogP contribution is 2.22. The molecule has 2 rings (SSSR count). The Labute approximate surface area is 114 Å². The highest BCUT2D eigenvalue weighted by atomic mass is 16.4. The van der Waals surface area contributed by atoms with Crippen LogP contribution in [0.3, 0.4) is 0 Å². The van der Waals surface area contributed by atoms with Crippen LogP contribution < -0.4 is 5.73 Å². The number of hydrogen-bond donors (Lipinski definition) is 2. The third-order valence-electron chi connectivity index (χ3n) is 3.99. The molecule has 0 amide bonds. The van der Waals surface area contributed by atoms with E-state index in [-0.39, 0.29) is 5.84 Å². The maximum atomic E-state index is 8.63. The first-order valence-corrected chi connectivity index (χ1v) is 6.98. The normalized spacial score (nSPS) is 17.9. The van der Waals surface area contributed by atoms with E-state index in [0.717, 1.165) is 18.2 Å². The van der Waals surface area contributed by atoms with Crippen LogP contribution in [-0.4, -0.2) is 29.0 Å². The maximum Gasteiger partial charge on any atom is 0.170 e. The van der Waals surface area contributed by atoms with Gasteiger partial charge in [0.2, 0.25) is 0 Å². The van der Waals surface area contributed by atoms with E-state index in [4.69, 9.17) is 10.9 Å². The van der Waals surface area contributed by atoms with Gasteiger partial charge in [-0.25, -0.2) is 0 Å². The van der Waals surface area contributed by atoms with Crippen LogP contribution in [0.2, 0.25) is 0 Å². The molecule has 0 unspecified atom stereocenters. The minimum Gasteiger partial charge on any atom is -0.409 e. The van der Waals surface area contributed by atoms with E-state index < -0.39 is 0 Å². The van der Waals surface area contributed by atoms with Crippen LogP contribution in [0.25, 0.3) is 0 Å². The number of oxime groups is 1. The van der Waals surface area contributed by atoms with Gasteiger partial charge in [-0.15, -0.1) is 0 Å². The van der Waals surface area contributed by atoms with Crippen LogP contribution in [0.15, 0.2) is 29.4 Å². The molecule has 0 spiro atoms. The fourth-order valence-corrected chi connectivity index (χ4v) is 2.78. The molecule has 4 heteroatoms. The van der Waals surface area contributed by atoms with Crippen molar-refractivity contribution in [2.24, 2.45) is 10.9 Å². The van der Waals surface area contributed by atoms with Crippen molar-refractivity contribution in [2.45, 2.75) is 44.7 Å². The van der Waals surface area contributed by atoms with Crippen molar-refractivity contribution >= 4 is 5.84 Å². The monoisotopic (exact) mass is 261 g/mol. The SMILES string of the molecule is CN(Cc1ccc(/C(N)=N/O)cc1)C1CCCCC1. The summed E-state index contributed by atoms with van der Waals surface area (Å²) in [4.78, 5) is 2.44. The third-order valence-corrected chi connectivity index (χ3v) is 3.99. The number of benzene rings is 1.